The number of carbonyl (C=O) groups excluding carboxylic acids is 1. The van der Waals surface area contributed by atoms with Gasteiger partial charge in [-0.1, -0.05) is 54.1 Å². The van der Waals surface area contributed by atoms with E-state index in [9.17, 15) is 4.79 Å². The van der Waals surface area contributed by atoms with Gasteiger partial charge in [-0.25, -0.2) is 4.79 Å². The Labute approximate surface area is 141 Å². The van der Waals surface area contributed by atoms with Gasteiger partial charge < -0.3 is 9.47 Å². The second-order valence-corrected chi connectivity index (χ2v) is 5.69. The van der Waals surface area contributed by atoms with E-state index in [4.69, 9.17) is 9.47 Å². The van der Waals surface area contributed by atoms with Gasteiger partial charge in [0, 0.05) is 5.39 Å². The van der Waals surface area contributed by atoms with Crippen molar-refractivity contribution in [1.82, 2.24) is 0 Å². The van der Waals surface area contributed by atoms with Gasteiger partial charge in [-0.2, -0.15) is 0 Å². The molecule has 0 saturated carbocycles. The third-order valence-corrected chi connectivity index (χ3v) is 3.82. The lowest BCUT2D eigenvalue weighted by Gasteiger charge is -2.12. The molecular weight excluding hydrogens is 300 g/mol. The summed E-state index contributed by atoms with van der Waals surface area (Å²) in [4.78, 5) is 12.1. The molecule has 0 N–H and O–H groups in total. The molecule has 0 radical (unpaired) electrons. The smallest absolute Gasteiger partial charge is 0.338 e. The predicted molar refractivity (Wildman–Crippen MR) is 95.4 cm³/mol. The zero-order chi connectivity index (χ0) is 16.9. The van der Waals surface area contributed by atoms with E-state index >= 15 is 0 Å². The molecule has 0 heterocycles. The van der Waals surface area contributed by atoms with Crippen molar-refractivity contribution in [2.24, 2.45) is 0 Å². The number of ether oxygens (including phenoxy) is 2. The summed E-state index contributed by atoms with van der Waals surface area (Å²) in [6.07, 6.45) is 0. The minimum Gasteiger partial charge on any atom is -0.488 e. The van der Waals surface area contributed by atoms with Crippen LogP contribution in [0.5, 0.6) is 5.75 Å². The monoisotopic (exact) mass is 320 g/mol. The first kappa shape index (κ1) is 16.1. The molecule has 3 rings (SSSR count). The molecule has 24 heavy (non-hydrogen) atoms. The normalized spacial score (nSPS) is 10.6. The lowest BCUT2D eigenvalue weighted by molar-refractivity contribution is 0.0526. The number of fused-ring (bicyclic) bond motifs is 1. The summed E-state index contributed by atoms with van der Waals surface area (Å²) in [5.41, 5.74) is 2.73. The highest BCUT2D eigenvalue weighted by atomic mass is 16.5. The van der Waals surface area contributed by atoms with Gasteiger partial charge in [-0.15, -0.1) is 0 Å². The highest BCUT2D eigenvalue weighted by Gasteiger charge is 2.12. The van der Waals surface area contributed by atoms with E-state index < -0.39 is 0 Å². The molecule has 0 aromatic heterocycles. The molecule has 0 bridgehead atoms. The summed E-state index contributed by atoms with van der Waals surface area (Å²) in [5.74, 6) is 0.366. The van der Waals surface area contributed by atoms with E-state index in [-0.39, 0.29) is 5.97 Å². The molecule has 3 aromatic carbocycles. The second-order valence-electron chi connectivity index (χ2n) is 5.69. The summed E-state index contributed by atoms with van der Waals surface area (Å²) >= 11 is 0. The van der Waals surface area contributed by atoms with Crippen LogP contribution >= 0.6 is 0 Å². The number of aryl methyl sites for hydroxylation is 1. The maximum absolute atomic E-state index is 12.1. The topological polar surface area (TPSA) is 35.5 Å². The Kier molecular flexibility index (Phi) is 4.80. The molecule has 3 heteroatoms. The van der Waals surface area contributed by atoms with Gasteiger partial charge in [0.2, 0.25) is 0 Å². The second kappa shape index (κ2) is 7.18. The van der Waals surface area contributed by atoms with Gasteiger partial charge in [-0.05, 0) is 36.9 Å². The fourth-order valence-electron chi connectivity index (χ4n) is 2.64. The Bertz CT molecular complexity index is 854. The number of carbonyl (C=O) groups is 1. The van der Waals surface area contributed by atoms with Crippen molar-refractivity contribution >= 4 is 16.7 Å². The largest absolute Gasteiger partial charge is 0.488 e. The van der Waals surface area contributed by atoms with E-state index in [0.29, 0.717) is 24.5 Å². The minimum absolute atomic E-state index is 0.328. The maximum Gasteiger partial charge on any atom is 0.338 e. The molecule has 0 aliphatic heterocycles. The van der Waals surface area contributed by atoms with E-state index in [1.165, 1.54) is 0 Å². The molecule has 0 atom stereocenters. The van der Waals surface area contributed by atoms with Crippen LogP contribution in [0.2, 0.25) is 0 Å². The van der Waals surface area contributed by atoms with Gasteiger partial charge >= 0.3 is 5.97 Å². The Balaban J connectivity index is 1.98. The van der Waals surface area contributed by atoms with Gasteiger partial charge in [0.05, 0.1) is 12.2 Å². The van der Waals surface area contributed by atoms with Crippen LogP contribution in [0.4, 0.5) is 0 Å². The van der Waals surface area contributed by atoms with E-state index in [1.54, 1.807) is 13.0 Å². The van der Waals surface area contributed by atoms with Gasteiger partial charge in [0.1, 0.15) is 12.4 Å². The van der Waals surface area contributed by atoms with Crippen LogP contribution in [0, 0.1) is 6.92 Å². The highest BCUT2D eigenvalue weighted by Crippen LogP contribution is 2.29. The number of esters is 1. The van der Waals surface area contributed by atoms with Crippen LogP contribution in [0.15, 0.2) is 60.7 Å². The summed E-state index contributed by atoms with van der Waals surface area (Å²) in [7, 11) is 0. The lowest BCUT2D eigenvalue weighted by atomic mass is 10.0. The van der Waals surface area contributed by atoms with Crippen molar-refractivity contribution in [3.05, 3.63) is 77.4 Å². The SMILES string of the molecule is CCOC(=O)c1cc(OCc2ccccc2)c2ccc(C)cc2c1. The molecule has 0 unspecified atom stereocenters. The van der Waals surface area contributed by atoms with Crippen molar-refractivity contribution in [2.75, 3.05) is 6.61 Å². The van der Waals surface area contributed by atoms with E-state index in [0.717, 1.165) is 21.9 Å². The van der Waals surface area contributed by atoms with Gasteiger partial charge in [0.25, 0.3) is 0 Å². The van der Waals surface area contributed by atoms with Gasteiger partial charge in [0.15, 0.2) is 0 Å². The van der Waals surface area contributed by atoms with Gasteiger partial charge in [-0.3, -0.25) is 0 Å². The lowest BCUT2D eigenvalue weighted by Crippen LogP contribution is -2.05. The zero-order valence-corrected chi connectivity index (χ0v) is 13.9. The minimum atomic E-state index is -0.328. The molecule has 0 spiro atoms. The molecule has 0 amide bonds. The zero-order valence-electron chi connectivity index (χ0n) is 13.9. The van der Waals surface area contributed by atoms with Crippen molar-refractivity contribution in [1.29, 1.82) is 0 Å². The first-order chi connectivity index (χ1) is 11.7. The molecule has 0 aliphatic rings. The molecule has 3 aromatic rings. The summed E-state index contributed by atoms with van der Waals surface area (Å²) in [6.45, 7) is 4.64. The average molecular weight is 320 g/mol. The van der Waals surface area contributed by atoms with Crippen molar-refractivity contribution in [3.63, 3.8) is 0 Å². The number of hydrogen-bond acceptors (Lipinski definition) is 3. The van der Waals surface area contributed by atoms with E-state index in [1.807, 2.05) is 61.5 Å². The Hall–Kier alpha value is -2.81. The van der Waals surface area contributed by atoms with Crippen molar-refractivity contribution in [3.8, 4) is 5.75 Å². The fourth-order valence-corrected chi connectivity index (χ4v) is 2.64. The molecule has 0 saturated heterocycles. The molecule has 3 nitrogen and oxygen atoms in total. The third-order valence-electron chi connectivity index (χ3n) is 3.82. The predicted octanol–water partition coefficient (Wildman–Crippen LogP) is 4.90. The fraction of sp³-hybridized carbons (Fsp3) is 0.190. The molecule has 0 fully saturated rings. The third kappa shape index (κ3) is 3.57. The summed E-state index contributed by atoms with van der Waals surface area (Å²) < 4.78 is 11.1. The number of hydrogen-bond donors (Lipinski definition) is 0. The first-order valence-electron chi connectivity index (χ1n) is 8.05. The standard InChI is InChI=1S/C21H20O3/c1-3-23-21(22)18-12-17-11-15(2)9-10-19(17)20(13-18)24-14-16-7-5-4-6-8-16/h4-13H,3,14H2,1-2H3. The van der Waals surface area contributed by atoms with Crippen molar-refractivity contribution in [2.45, 2.75) is 20.5 Å². The highest BCUT2D eigenvalue weighted by molar-refractivity contribution is 5.98. The average Bonchev–Trinajstić information content (AvgIpc) is 2.60. The van der Waals surface area contributed by atoms with Crippen LogP contribution in [-0.2, 0) is 11.3 Å². The Morgan fingerprint density at radius 3 is 2.54 bits per heavy atom. The van der Waals surface area contributed by atoms with Crippen molar-refractivity contribution < 1.29 is 14.3 Å². The molecular formula is C21H20O3. The van der Waals surface area contributed by atoms with Crippen LogP contribution in [0.3, 0.4) is 0 Å². The Morgan fingerprint density at radius 2 is 1.79 bits per heavy atom. The maximum atomic E-state index is 12.1. The first-order valence-corrected chi connectivity index (χ1v) is 8.05. The molecule has 0 aliphatic carbocycles. The van der Waals surface area contributed by atoms with E-state index in [2.05, 4.69) is 0 Å². The summed E-state index contributed by atoms with van der Waals surface area (Å²) in [6, 6.07) is 19.7. The van der Waals surface area contributed by atoms with Crippen LogP contribution in [0.25, 0.3) is 10.8 Å². The number of benzene rings is 3. The quantitative estimate of drug-likeness (QED) is 0.627. The molecule has 122 valence electrons. The number of rotatable bonds is 5. The van der Waals surface area contributed by atoms with Crippen LogP contribution < -0.4 is 4.74 Å². The summed E-state index contributed by atoms with van der Waals surface area (Å²) in [5, 5.41) is 1.97. The van der Waals surface area contributed by atoms with Crippen LogP contribution in [0.1, 0.15) is 28.4 Å². The van der Waals surface area contributed by atoms with Crippen LogP contribution in [-0.4, -0.2) is 12.6 Å². The Morgan fingerprint density at radius 1 is 1.00 bits per heavy atom.